The Hall–Kier alpha value is -3.39. The summed E-state index contributed by atoms with van der Waals surface area (Å²) in [5, 5.41) is 10.8. The van der Waals surface area contributed by atoms with Gasteiger partial charge in [-0.05, 0) is 17.2 Å². The van der Waals surface area contributed by atoms with E-state index in [-0.39, 0.29) is 11.7 Å². The van der Waals surface area contributed by atoms with E-state index < -0.39 is 0 Å². The second-order valence-corrected chi connectivity index (χ2v) is 4.06. The summed E-state index contributed by atoms with van der Waals surface area (Å²) >= 11 is 0. The van der Waals surface area contributed by atoms with Crippen molar-refractivity contribution in [3.8, 4) is 0 Å². The fourth-order valence-electron chi connectivity index (χ4n) is 1.93. The summed E-state index contributed by atoms with van der Waals surface area (Å²) < 4.78 is 0. The fraction of sp³-hybridized carbons (Fsp3) is 0.0556. The van der Waals surface area contributed by atoms with Crippen molar-refractivity contribution in [3.05, 3.63) is 84.4 Å². The van der Waals surface area contributed by atoms with E-state index in [1.165, 1.54) is 6.08 Å². The minimum absolute atomic E-state index is 0.0300. The molecule has 2 aromatic rings. The van der Waals surface area contributed by atoms with Crippen LogP contribution in [0.4, 0.5) is 0 Å². The highest BCUT2D eigenvalue weighted by molar-refractivity contribution is 5.97. The van der Waals surface area contributed by atoms with Crippen molar-refractivity contribution < 1.29 is 14.4 Å². The molecule has 0 unspecified atom stereocenters. The van der Waals surface area contributed by atoms with Crippen LogP contribution in [-0.2, 0) is 14.4 Å². The van der Waals surface area contributed by atoms with E-state index in [2.05, 4.69) is 6.58 Å². The van der Waals surface area contributed by atoms with Crippen LogP contribution in [0.15, 0.2) is 73.3 Å². The van der Waals surface area contributed by atoms with Gasteiger partial charge in [-0.15, -0.1) is 0 Å². The van der Waals surface area contributed by atoms with Crippen molar-refractivity contribution in [2.75, 3.05) is 0 Å². The summed E-state index contributed by atoms with van der Waals surface area (Å²) in [5.41, 5.74) is 2.01. The smallest absolute Gasteiger partial charge is 0.231 e. The molecule has 0 bridgehead atoms. The van der Waals surface area contributed by atoms with Crippen LogP contribution < -0.4 is 0 Å². The highest BCUT2D eigenvalue weighted by Crippen LogP contribution is 2.25. The average molecular weight is 308 g/mol. The monoisotopic (exact) mass is 308 g/mol. The van der Waals surface area contributed by atoms with Crippen molar-refractivity contribution >= 4 is 17.9 Å². The van der Waals surface area contributed by atoms with Crippen LogP contribution in [0.2, 0.25) is 0 Å². The summed E-state index contributed by atoms with van der Waals surface area (Å²) in [6, 6.07) is 19.6. The first-order valence-corrected chi connectivity index (χ1v) is 6.50. The molecule has 0 atom stereocenters. The zero-order chi connectivity index (χ0) is 17.5. The van der Waals surface area contributed by atoms with Crippen molar-refractivity contribution in [1.82, 2.24) is 0 Å². The maximum atomic E-state index is 12.0. The molecule has 5 nitrogen and oxygen atoms in total. The molecule has 5 heteroatoms. The summed E-state index contributed by atoms with van der Waals surface area (Å²) in [5.74, 6) is -0.211. The Kier molecular flexibility index (Phi) is 10.5. The van der Waals surface area contributed by atoms with Crippen LogP contribution in [0.3, 0.4) is 0 Å². The molecule has 0 saturated heterocycles. The van der Waals surface area contributed by atoms with Gasteiger partial charge in [-0.3, -0.25) is 4.79 Å². The van der Waals surface area contributed by atoms with E-state index in [1.54, 1.807) is 0 Å². The second-order valence-electron chi connectivity index (χ2n) is 4.06. The van der Waals surface area contributed by atoms with Gasteiger partial charge in [0.25, 0.3) is 0 Å². The lowest BCUT2D eigenvalue weighted by Crippen LogP contribution is -2.11. The highest BCUT2D eigenvalue weighted by atomic mass is 16.1. The zero-order valence-electron chi connectivity index (χ0n) is 12.4. The topological polar surface area (TPSA) is 98.9 Å². The predicted octanol–water partition coefficient (Wildman–Crippen LogP) is 3.38. The molecule has 23 heavy (non-hydrogen) atoms. The largest absolute Gasteiger partial charge is 0.294 e. The minimum atomic E-state index is -0.241. The zero-order valence-corrected chi connectivity index (χ0v) is 12.4. The Morgan fingerprint density at radius 1 is 0.870 bits per heavy atom. The molecule has 2 rings (SSSR count). The molecule has 2 aromatic carbocycles. The molecule has 0 aliphatic carbocycles. The third kappa shape index (κ3) is 7.25. The Balaban J connectivity index is 0.000000704. The van der Waals surface area contributed by atoms with Crippen LogP contribution in [0.1, 0.15) is 17.0 Å². The summed E-state index contributed by atoms with van der Waals surface area (Å²) in [7, 11) is 0. The number of benzene rings is 2. The number of nitrogens with one attached hydrogen (secondary N) is 2. The minimum Gasteiger partial charge on any atom is -0.294 e. The van der Waals surface area contributed by atoms with Gasteiger partial charge in [-0.25, -0.2) is 20.4 Å². The number of hydrogen-bond donors (Lipinski definition) is 2. The Morgan fingerprint density at radius 3 is 1.43 bits per heavy atom. The third-order valence-corrected chi connectivity index (χ3v) is 2.75. The highest BCUT2D eigenvalue weighted by Gasteiger charge is 2.19. The summed E-state index contributed by atoms with van der Waals surface area (Å²) in [6.45, 7) is 3.58. The van der Waals surface area contributed by atoms with Crippen molar-refractivity contribution in [1.29, 1.82) is 10.8 Å². The maximum Gasteiger partial charge on any atom is 0.231 e. The Labute approximate surface area is 134 Å². The summed E-state index contributed by atoms with van der Waals surface area (Å²) in [4.78, 5) is 28.7. The van der Waals surface area contributed by atoms with Crippen LogP contribution in [-0.4, -0.2) is 17.9 Å². The predicted molar refractivity (Wildman–Crippen MR) is 86.8 cm³/mol. The van der Waals surface area contributed by atoms with Crippen molar-refractivity contribution in [2.45, 2.75) is 5.92 Å². The van der Waals surface area contributed by atoms with Crippen LogP contribution in [0.5, 0.6) is 0 Å². The van der Waals surface area contributed by atoms with Gasteiger partial charge in [0.15, 0.2) is 5.78 Å². The van der Waals surface area contributed by atoms with Gasteiger partial charge in [0.2, 0.25) is 12.2 Å². The molecule has 2 N–H and O–H groups in total. The van der Waals surface area contributed by atoms with Gasteiger partial charge in [0.1, 0.15) is 0 Å². The lowest BCUT2D eigenvalue weighted by Gasteiger charge is -2.14. The number of isocyanates is 2. The van der Waals surface area contributed by atoms with Crippen LogP contribution in [0, 0.1) is 10.8 Å². The number of allylic oxidation sites excluding steroid dienone is 1. The molecular formula is C18H16N2O3. The lowest BCUT2D eigenvalue weighted by molar-refractivity contribution is -0.115. The molecule has 0 amide bonds. The van der Waals surface area contributed by atoms with E-state index in [4.69, 9.17) is 20.4 Å². The SMILES string of the molecule is C=CC(=O)C(c1ccccc1)c1ccccc1.N=C=O.N=C=O. The van der Waals surface area contributed by atoms with Gasteiger partial charge >= 0.3 is 0 Å². The fourth-order valence-corrected chi connectivity index (χ4v) is 1.93. The van der Waals surface area contributed by atoms with Gasteiger partial charge in [0, 0.05) is 0 Å². The summed E-state index contributed by atoms with van der Waals surface area (Å²) in [6.07, 6.45) is 2.89. The van der Waals surface area contributed by atoms with E-state index in [0.29, 0.717) is 0 Å². The maximum absolute atomic E-state index is 12.0. The molecule has 0 heterocycles. The quantitative estimate of drug-likeness (QED) is 0.514. The molecule has 0 radical (unpaired) electrons. The number of carbonyl (C=O) groups is 1. The van der Waals surface area contributed by atoms with Crippen LogP contribution in [0.25, 0.3) is 0 Å². The molecule has 0 aromatic heterocycles. The molecule has 0 aliphatic heterocycles. The normalized spacial score (nSPS) is 8.22. The van der Waals surface area contributed by atoms with Gasteiger partial charge in [-0.2, -0.15) is 0 Å². The standard InChI is InChI=1S/C16H14O.2CHNO/c1-2-15(17)16(13-9-5-3-6-10-13)14-11-7-4-8-12-14;2*2-1-3/h2-12,16H,1H2;2*2H. The number of rotatable bonds is 4. The third-order valence-electron chi connectivity index (χ3n) is 2.75. The van der Waals surface area contributed by atoms with E-state index in [0.717, 1.165) is 23.3 Å². The Morgan fingerprint density at radius 2 is 1.17 bits per heavy atom. The molecule has 0 aliphatic rings. The average Bonchev–Trinajstić information content (AvgIpc) is 2.58. The number of carbonyl (C=O) groups excluding carboxylic acids is 3. The number of hydrogen-bond acceptors (Lipinski definition) is 5. The van der Waals surface area contributed by atoms with E-state index in [9.17, 15) is 4.79 Å². The molecule has 0 fully saturated rings. The number of ketones is 1. The first kappa shape index (κ1) is 19.6. The Bertz CT molecular complexity index is 618. The van der Waals surface area contributed by atoms with Gasteiger partial charge in [-0.1, -0.05) is 67.2 Å². The molecule has 116 valence electrons. The van der Waals surface area contributed by atoms with Gasteiger partial charge in [0.05, 0.1) is 5.92 Å². The van der Waals surface area contributed by atoms with E-state index in [1.807, 2.05) is 60.7 Å². The first-order chi connectivity index (χ1) is 11.2. The molecular weight excluding hydrogens is 292 g/mol. The molecule has 0 spiro atoms. The van der Waals surface area contributed by atoms with Crippen molar-refractivity contribution in [2.24, 2.45) is 0 Å². The van der Waals surface area contributed by atoms with Gasteiger partial charge < -0.3 is 0 Å². The van der Waals surface area contributed by atoms with E-state index >= 15 is 0 Å². The first-order valence-electron chi connectivity index (χ1n) is 6.50. The second kappa shape index (κ2) is 12.4. The van der Waals surface area contributed by atoms with Crippen LogP contribution >= 0.6 is 0 Å². The molecule has 0 saturated carbocycles. The van der Waals surface area contributed by atoms with Crippen molar-refractivity contribution in [3.63, 3.8) is 0 Å². The lowest BCUT2D eigenvalue weighted by atomic mass is 9.88.